The molecule has 0 aromatic rings. The van der Waals surface area contributed by atoms with Gasteiger partial charge in [-0.05, 0) is 18.8 Å². The highest BCUT2D eigenvalue weighted by atomic mass is 32.1. The third-order valence-electron chi connectivity index (χ3n) is 3.07. The minimum absolute atomic E-state index is 0.0139. The van der Waals surface area contributed by atoms with E-state index < -0.39 is 0 Å². The van der Waals surface area contributed by atoms with Crippen LogP contribution in [0.4, 0.5) is 0 Å². The molecule has 0 aromatic heterocycles. The second-order valence-electron chi connectivity index (χ2n) is 3.84. The van der Waals surface area contributed by atoms with Gasteiger partial charge in [0.25, 0.3) is 0 Å². The molecule has 1 unspecified atom stereocenters. The molecule has 14 heavy (non-hydrogen) atoms. The first kappa shape index (κ1) is 11.5. The third kappa shape index (κ3) is 2.24. The van der Waals surface area contributed by atoms with Crippen LogP contribution in [0.3, 0.4) is 0 Å². The van der Waals surface area contributed by atoms with E-state index in [-0.39, 0.29) is 6.04 Å². The van der Waals surface area contributed by atoms with Gasteiger partial charge < -0.3 is 4.90 Å². The Morgan fingerprint density at radius 2 is 2.14 bits per heavy atom. The molecule has 0 saturated carbocycles. The van der Waals surface area contributed by atoms with Crippen LogP contribution in [0, 0.1) is 17.2 Å². The van der Waals surface area contributed by atoms with Crippen LogP contribution in [0.1, 0.15) is 39.5 Å². The summed E-state index contributed by atoms with van der Waals surface area (Å²) in [5.41, 5.74) is 0. The van der Waals surface area contributed by atoms with E-state index in [1.54, 1.807) is 0 Å². The molecule has 0 aromatic carbocycles. The van der Waals surface area contributed by atoms with E-state index in [2.05, 4.69) is 24.8 Å². The summed E-state index contributed by atoms with van der Waals surface area (Å²) in [5.74, 6) is 0.469. The van der Waals surface area contributed by atoms with E-state index in [0.717, 1.165) is 37.2 Å². The van der Waals surface area contributed by atoms with Crippen molar-refractivity contribution in [2.24, 2.45) is 5.92 Å². The van der Waals surface area contributed by atoms with Crippen LogP contribution in [0.25, 0.3) is 0 Å². The van der Waals surface area contributed by atoms with Gasteiger partial charge in [0.15, 0.2) is 0 Å². The molecule has 1 atom stereocenters. The van der Waals surface area contributed by atoms with Crippen molar-refractivity contribution in [3.8, 4) is 6.07 Å². The largest absolute Gasteiger partial charge is 0.350 e. The lowest BCUT2D eigenvalue weighted by molar-refractivity contribution is 0.282. The monoisotopic (exact) mass is 210 g/mol. The molecule has 1 rings (SSSR count). The van der Waals surface area contributed by atoms with Crippen molar-refractivity contribution in [2.75, 3.05) is 6.54 Å². The van der Waals surface area contributed by atoms with Crippen molar-refractivity contribution >= 4 is 17.2 Å². The first-order chi connectivity index (χ1) is 6.74. The van der Waals surface area contributed by atoms with E-state index in [1.165, 1.54) is 0 Å². The zero-order valence-corrected chi connectivity index (χ0v) is 9.81. The van der Waals surface area contributed by atoms with Crippen LogP contribution >= 0.6 is 12.2 Å². The first-order valence-electron chi connectivity index (χ1n) is 5.43. The topological polar surface area (TPSA) is 27.0 Å². The zero-order valence-electron chi connectivity index (χ0n) is 8.99. The van der Waals surface area contributed by atoms with Crippen LogP contribution in [-0.2, 0) is 0 Å². The van der Waals surface area contributed by atoms with E-state index in [1.807, 2.05) is 0 Å². The van der Waals surface area contributed by atoms with E-state index in [4.69, 9.17) is 12.2 Å². The highest BCUT2D eigenvalue weighted by Gasteiger charge is 2.29. The molecule has 0 radical (unpaired) electrons. The van der Waals surface area contributed by atoms with Crippen molar-refractivity contribution in [3.63, 3.8) is 0 Å². The number of hydrogen-bond donors (Lipinski definition) is 0. The molecule has 0 amide bonds. The number of nitrogens with zero attached hydrogens (tertiary/aromatic N) is 2. The minimum atomic E-state index is 0.0139. The maximum Gasteiger partial charge on any atom is 0.120 e. The zero-order chi connectivity index (χ0) is 10.6. The quantitative estimate of drug-likeness (QED) is 0.668. The third-order valence-corrected chi connectivity index (χ3v) is 3.51. The fourth-order valence-electron chi connectivity index (χ4n) is 2.13. The molecule has 78 valence electrons. The number of hydrogen-bond acceptors (Lipinski definition) is 2. The van der Waals surface area contributed by atoms with Gasteiger partial charge in [-0.2, -0.15) is 5.26 Å². The highest BCUT2D eigenvalue weighted by Crippen LogP contribution is 2.23. The van der Waals surface area contributed by atoms with Crippen molar-refractivity contribution in [1.82, 2.24) is 4.90 Å². The van der Waals surface area contributed by atoms with Gasteiger partial charge in [-0.15, -0.1) is 0 Å². The average molecular weight is 210 g/mol. The molecule has 2 nitrogen and oxygen atoms in total. The Morgan fingerprint density at radius 3 is 2.50 bits per heavy atom. The van der Waals surface area contributed by atoms with Crippen LogP contribution < -0.4 is 0 Å². The lowest BCUT2D eigenvalue weighted by Gasteiger charge is -2.29. The minimum Gasteiger partial charge on any atom is -0.350 e. The Balaban J connectivity index is 2.70. The molecule has 0 aliphatic carbocycles. The van der Waals surface area contributed by atoms with E-state index in [9.17, 15) is 5.26 Å². The summed E-state index contributed by atoms with van der Waals surface area (Å²) < 4.78 is 0. The van der Waals surface area contributed by atoms with Gasteiger partial charge >= 0.3 is 0 Å². The molecular weight excluding hydrogens is 192 g/mol. The van der Waals surface area contributed by atoms with Crippen molar-refractivity contribution in [1.29, 1.82) is 5.26 Å². The SMILES string of the molecule is CCC(CC)C(C#N)N1CCCC1=S. The molecule has 1 saturated heterocycles. The first-order valence-corrected chi connectivity index (χ1v) is 5.84. The number of rotatable bonds is 4. The number of thiocarbonyl (C=S) groups is 1. The molecule has 1 fully saturated rings. The van der Waals surface area contributed by atoms with Crippen LogP contribution in [0.5, 0.6) is 0 Å². The molecule has 0 spiro atoms. The number of nitriles is 1. The molecular formula is C11H18N2S. The average Bonchev–Trinajstić information content (AvgIpc) is 2.61. The molecule has 0 bridgehead atoms. The molecule has 1 aliphatic heterocycles. The summed E-state index contributed by atoms with van der Waals surface area (Å²) in [6.45, 7) is 5.28. The van der Waals surface area contributed by atoms with Gasteiger partial charge in [0.05, 0.1) is 11.1 Å². The van der Waals surface area contributed by atoms with Crippen molar-refractivity contribution in [3.05, 3.63) is 0 Å². The van der Waals surface area contributed by atoms with Gasteiger partial charge in [-0.25, -0.2) is 0 Å². The highest BCUT2D eigenvalue weighted by molar-refractivity contribution is 7.80. The molecule has 1 heterocycles. The molecule has 3 heteroatoms. The maximum atomic E-state index is 9.19. The Morgan fingerprint density at radius 1 is 1.50 bits per heavy atom. The van der Waals surface area contributed by atoms with Crippen LogP contribution in [-0.4, -0.2) is 22.5 Å². The summed E-state index contributed by atoms with van der Waals surface area (Å²) >= 11 is 5.27. The maximum absolute atomic E-state index is 9.19. The van der Waals surface area contributed by atoms with Gasteiger partial charge in [-0.1, -0.05) is 38.9 Å². The van der Waals surface area contributed by atoms with Crippen LogP contribution in [0.15, 0.2) is 0 Å². The number of likely N-dealkylation sites (tertiary alicyclic amines) is 1. The lowest BCUT2D eigenvalue weighted by Crippen LogP contribution is -2.39. The lowest BCUT2D eigenvalue weighted by atomic mass is 9.94. The van der Waals surface area contributed by atoms with Gasteiger partial charge in [-0.3, -0.25) is 0 Å². The van der Waals surface area contributed by atoms with Crippen LogP contribution in [0.2, 0.25) is 0 Å². The van der Waals surface area contributed by atoms with Gasteiger partial charge in [0.2, 0.25) is 0 Å². The van der Waals surface area contributed by atoms with Gasteiger partial charge in [0.1, 0.15) is 6.04 Å². The van der Waals surface area contributed by atoms with E-state index >= 15 is 0 Å². The fourth-order valence-corrected chi connectivity index (χ4v) is 2.48. The fraction of sp³-hybridized carbons (Fsp3) is 0.818. The molecule has 1 aliphatic rings. The predicted octanol–water partition coefficient (Wildman–Crippen LogP) is 2.74. The Labute approximate surface area is 91.9 Å². The summed E-state index contributed by atoms with van der Waals surface area (Å²) in [5, 5.41) is 9.19. The summed E-state index contributed by atoms with van der Waals surface area (Å²) in [4.78, 5) is 3.12. The predicted molar refractivity (Wildman–Crippen MR) is 62.0 cm³/mol. The summed E-state index contributed by atoms with van der Waals surface area (Å²) in [6.07, 6.45) is 4.24. The second kappa shape index (κ2) is 5.31. The Hall–Kier alpha value is -0.620. The summed E-state index contributed by atoms with van der Waals surface area (Å²) in [7, 11) is 0. The Bertz CT molecular complexity index is 240. The normalized spacial score (nSPS) is 18.7. The van der Waals surface area contributed by atoms with Gasteiger partial charge in [0, 0.05) is 6.54 Å². The van der Waals surface area contributed by atoms with E-state index in [0.29, 0.717) is 5.92 Å². The molecule has 0 N–H and O–H groups in total. The van der Waals surface area contributed by atoms with Crippen molar-refractivity contribution in [2.45, 2.75) is 45.6 Å². The summed E-state index contributed by atoms with van der Waals surface area (Å²) in [6, 6.07) is 2.43. The van der Waals surface area contributed by atoms with Crippen molar-refractivity contribution < 1.29 is 0 Å². The second-order valence-corrected chi connectivity index (χ2v) is 4.31. The Kier molecular flexibility index (Phi) is 4.34. The standard InChI is InChI=1S/C11H18N2S/c1-3-9(4-2)10(8-12)13-7-5-6-11(13)14/h9-10H,3-7H2,1-2H3. The smallest absolute Gasteiger partial charge is 0.120 e.